The number of nitrogens with two attached hydrogens (primary N) is 1. The highest BCUT2D eigenvalue weighted by molar-refractivity contribution is 7.99. The molecule has 0 aliphatic rings. The molecule has 0 fully saturated rings. The number of benzene rings is 1. The van der Waals surface area contributed by atoms with Gasteiger partial charge in [0.15, 0.2) is 0 Å². The first-order chi connectivity index (χ1) is 7.63. The maximum absolute atomic E-state index is 13.2. The molecule has 1 amide bonds. The molecule has 16 heavy (non-hydrogen) atoms. The van der Waals surface area contributed by atoms with Crippen molar-refractivity contribution in [1.29, 1.82) is 0 Å². The molecular formula is C11H15FN2OS. The minimum Gasteiger partial charge on any atom is -0.330 e. The van der Waals surface area contributed by atoms with Gasteiger partial charge in [0.25, 0.3) is 0 Å². The average molecular weight is 242 g/mol. The Balaban J connectivity index is 2.46. The number of carbonyl (C=O) groups excluding carboxylic acids is 1. The van der Waals surface area contributed by atoms with Gasteiger partial charge in [0.1, 0.15) is 5.82 Å². The molecule has 3 N–H and O–H groups in total. The van der Waals surface area contributed by atoms with E-state index in [2.05, 4.69) is 5.32 Å². The van der Waals surface area contributed by atoms with E-state index in [1.54, 1.807) is 19.1 Å². The SMILES string of the molecule is Cc1ccc(NC(=O)CSCCN)cc1F. The van der Waals surface area contributed by atoms with Crippen LogP contribution in [0.5, 0.6) is 0 Å². The van der Waals surface area contributed by atoms with Crippen LogP contribution in [0.4, 0.5) is 10.1 Å². The van der Waals surface area contributed by atoms with E-state index in [9.17, 15) is 9.18 Å². The van der Waals surface area contributed by atoms with Gasteiger partial charge in [-0.15, -0.1) is 0 Å². The summed E-state index contributed by atoms with van der Waals surface area (Å²) in [6.07, 6.45) is 0. The van der Waals surface area contributed by atoms with Gasteiger partial charge in [0, 0.05) is 18.0 Å². The van der Waals surface area contributed by atoms with Crippen molar-refractivity contribution in [3.63, 3.8) is 0 Å². The topological polar surface area (TPSA) is 55.1 Å². The van der Waals surface area contributed by atoms with E-state index in [0.717, 1.165) is 5.75 Å². The third kappa shape index (κ3) is 4.20. The van der Waals surface area contributed by atoms with Gasteiger partial charge in [-0.25, -0.2) is 4.39 Å². The molecular weight excluding hydrogens is 227 g/mol. The number of carbonyl (C=O) groups is 1. The van der Waals surface area contributed by atoms with E-state index in [0.29, 0.717) is 23.5 Å². The summed E-state index contributed by atoms with van der Waals surface area (Å²) >= 11 is 1.46. The van der Waals surface area contributed by atoms with Crippen LogP contribution >= 0.6 is 11.8 Å². The highest BCUT2D eigenvalue weighted by Gasteiger charge is 2.04. The first-order valence-electron chi connectivity index (χ1n) is 4.97. The van der Waals surface area contributed by atoms with E-state index >= 15 is 0 Å². The van der Waals surface area contributed by atoms with Crippen molar-refractivity contribution in [1.82, 2.24) is 0 Å². The monoisotopic (exact) mass is 242 g/mol. The van der Waals surface area contributed by atoms with Crippen molar-refractivity contribution in [2.24, 2.45) is 5.73 Å². The van der Waals surface area contributed by atoms with E-state index in [1.807, 2.05) is 0 Å². The summed E-state index contributed by atoms with van der Waals surface area (Å²) in [4.78, 5) is 11.4. The van der Waals surface area contributed by atoms with Gasteiger partial charge in [-0.1, -0.05) is 6.07 Å². The number of rotatable bonds is 5. The van der Waals surface area contributed by atoms with Crippen LogP contribution < -0.4 is 11.1 Å². The van der Waals surface area contributed by atoms with Crippen LogP contribution in [-0.4, -0.2) is 24.0 Å². The molecule has 0 saturated heterocycles. The molecule has 1 aromatic carbocycles. The molecule has 0 aliphatic heterocycles. The minimum absolute atomic E-state index is 0.137. The normalized spacial score (nSPS) is 10.2. The van der Waals surface area contributed by atoms with Crippen molar-refractivity contribution >= 4 is 23.4 Å². The highest BCUT2D eigenvalue weighted by Crippen LogP contribution is 2.13. The Morgan fingerprint density at radius 3 is 2.94 bits per heavy atom. The number of hydrogen-bond donors (Lipinski definition) is 2. The Labute approximate surface area is 98.6 Å². The zero-order valence-corrected chi connectivity index (χ0v) is 9.94. The molecule has 0 aliphatic carbocycles. The molecule has 5 heteroatoms. The van der Waals surface area contributed by atoms with E-state index in [4.69, 9.17) is 5.73 Å². The van der Waals surface area contributed by atoms with E-state index in [-0.39, 0.29) is 11.7 Å². The maximum Gasteiger partial charge on any atom is 0.234 e. The van der Waals surface area contributed by atoms with Crippen LogP contribution in [0.3, 0.4) is 0 Å². The number of halogens is 1. The van der Waals surface area contributed by atoms with E-state index < -0.39 is 0 Å². The maximum atomic E-state index is 13.2. The lowest BCUT2D eigenvalue weighted by atomic mass is 10.2. The summed E-state index contributed by atoms with van der Waals surface area (Å²) < 4.78 is 13.2. The molecule has 88 valence electrons. The predicted octanol–water partition coefficient (Wildman–Crippen LogP) is 1.76. The standard InChI is InChI=1S/C11H15FN2OS/c1-8-2-3-9(6-10(8)12)14-11(15)7-16-5-4-13/h2-3,6H,4-5,7,13H2,1H3,(H,14,15). The Kier molecular flexibility index (Phi) is 5.28. The molecule has 0 spiro atoms. The predicted molar refractivity (Wildman–Crippen MR) is 66.1 cm³/mol. The molecule has 0 unspecified atom stereocenters. The number of hydrogen-bond acceptors (Lipinski definition) is 3. The Morgan fingerprint density at radius 2 is 2.31 bits per heavy atom. The fourth-order valence-electron chi connectivity index (χ4n) is 1.12. The van der Waals surface area contributed by atoms with Gasteiger partial charge in [0.05, 0.1) is 5.75 Å². The average Bonchev–Trinajstić information content (AvgIpc) is 2.24. The molecule has 0 radical (unpaired) electrons. The smallest absolute Gasteiger partial charge is 0.234 e. The molecule has 0 heterocycles. The summed E-state index contributed by atoms with van der Waals surface area (Å²) in [6.45, 7) is 2.23. The van der Waals surface area contributed by atoms with Crippen molar-refractivity contribution < 1.29 is 9.18 Å². The molecule has 0 bridgehead atoms. The molecule has 0 aromatic heterocycles. The highest BCUT2D eigenvalue weighted by atomic mass is 32.2. The van der Waals surface area contributed by atoms with Crippen molar-refractivity contribution in [2.45, 2.75) is 6.92 Å². The molecule has 3 nitrogen and oxygen atoms in total. The molecule has 0 atom stereocenters. The molecule has 1 aromatic rings. The summed E-state index contributed by atoms with van der Waals surface area (Å²) in [5.41, 5.74) is 6.35. The van der Waals surface area contributed by atoms with Crippen molar-refractivity contribution in [3.05, 3.63) is 29.6 Å². The summed E-state index contributed by atoms with van der Waals surface area (Å²) in [5, 5.41) is 2.63. The molecule has 1 rings (SSSR count). The summed E-state index contributed by atoms with van der Waals surface area (Å²) in [5.74, 6) is 0.636. The second-order valence-electron chi connectivity index (χ2n) is 3.35. The molecule has 0 saturated carbocycles. The second kappa shape index (κ2) is 6.50. The fraction of sp³-hybridized carbons (Fsp3) is 0.364. The van der Waals surface area contributed by atoms with Gasteiger partial charge in [-0.3, -0.25) is 4.79 Å². The number of nitrogens with one attached hydrogen (secondary N) is 1. The van der Waals surface area contributed by atoms with Gasteiger partial charge in [0.2, 0.25) is 5.91 Å². The van der Waals surface area contributed by atoms with Gasteiger partial charge in [-0.2, -0.15) is 11.8 Å². The first kappa shape index (κ1) is 13.0. The minimum atomic E-state index is -0.313. The zero-order valence-electron chi connectivity index (χ0n) is 9.13. The third-order valence-corrected chi connectivity index (χ3v) is 2.94. The summed E-state index contributed by atoms with van der Waals surface area (Å²) in [6, 6.07) is 4.64. The number of anilines is 1. The van der Waals surface area contributed by atoms with Crippen LogP contribution in [0, 0.1) is 12.7 Å². The summed E-state index contributed by atoms with van der Waals surface area (Å²) in [7, 11) is 0. The Bertz CT molecular complexity index is 371. The quantitative estimate of drug-likeness (QED) is 0.774. The third-order valence-electron chi connectivity index (χ3n) is 1.95. The van der Waals surface area contributed by atoms with E-state index in [1.165, 1.54) is 17.8 Å². The number of thioether (sulfide) groups is 1. The van der Waals surface area contributed by atoms with Crippen molar-refractivity contribution in [2.75, 3.05) is 23.4 Å². The zero-order chi connectivity index (χ0) is 12.0. The number of aryl methyl sites for hydroxylation is 1. The second-order valence-corrected chi connectivity index (χ2v) is 4.46. The van der Waals surface area contributed by atoms with Crippen molar-refractivity contribution in [3.8, 4) is 0 Å². The lowest BCUT2D eigenvalue weighted by Gasteiger charge is -2.05. The first-order valence-corrected chi connectivity index (χ1v) is 6.12. The fourth-order valence-corrected chi connectivity index (χ4v) is 1.68. The Hall–Kier alpha value is -1.07. The van der Waals surface area contributed by atoms with Gasteiger partial charge in [-0.05, 0) is 24.6 Å². The van der Waals surface area contributed by atoms with Crippen LogP contribution in [0.15, 0.2) is 18.2 Å². The largest absolute Gasteiger partial charge is 0.330 e. The lowest BCUT2D eigenvalue weighted by molar-refractivity contribution is -0.113. The van der Waals surface area contributed by atoms with Crippen LogP contribution in [0.25, 0.3) is 0 Å². The van der Waals surface area contributed by atoms with Gasteiger partial charge < -0.3 is 11.1 Å². The van der Waals surface area contributed by atoms with Crippen LogP contribution in [0.1, 0.15) is 5.56 Å². The number of amides is 1. The lowest BCUT2D eigenvalue weighted by Crippen LogP contribution is -2.15. The van der Waals surface area contributed by atoms with Crippen LogP contribution in [-0.2, 0) is 4.79 Å². The van der Waals surface area contributed by atoms with Crippen LogP contribution in [0.2, 0.25) is 0 Å². The van der Waals surface area contributed by atoms with Gasteiger partial charge >= 0.3 is 0 Å². The Morgan fingerprint density at radius 1 is 1.56 bits per heavy atom.